The van der Waals surface area contributed by atoms with E-state index in [0.717, 1.165) is 34.3 Å². The van der Waals surface area contributed by atoms with Crippen LogP contribution in [0.15, 0.2) is 41.3 Å². The van der Waals surface area contributed by atoms with E-state index in [-0.39, 0.29) is 5.91 Å². The van der Waals surface area contributed by atoms with Gasteiger partial charge in [0.05, 0.1) is 0 Å². The van der Waals surface area contributed by atoms with Crippen LogP contribution >= 0.6 is 11.8 Å². The van der Waals surface area contributed by atoms with Crippen LogP contribution in [0.4, 0.5) is 0 Å². The fraction of sp³-hybridized carbons (Fsp3) is 0.267. The third kappa shape index (κ3) is 3.65. The molecule has 0 aromatic heterocycles. The molecule has 0 unspecified atom stereocenters. The van der Waals surface area contributed by atoms with E-state index < -0.39 is 0 Å². The second kappa shape index (κ2) is 7.17. The number of nitrogens with two attached hydrogens (primary N) is 1. The Morgan fingerprint density at radius 2 is 1.90 bits per heavy atom. The molecule has 1 amide bonds. The van der Waals surface area contributed by atoms with Gasteiger partial charge in [-0.2, -0.15) is 0 Å². The number of hydrazine groups is 1. The molecule has 0 aliphatic carbocycles. The third-order valence-corrected chi connectivity index (χ3v) is 4.24. The van der Waals surface area contributed by atoms with E-state index >= 15 is 0 Å². The molecule has 20 heavy (non-hydrogen) atoms. The first-order valence-corrected chi connectivity index (χ1v) is 7.54. The highest BCUT2D eigenvalue weighted by molar-refractivity contribution is 7.99. The molecule has 0 heterocycles. The highest BCUT2D eigenvalue weighted by atomic mass is 32.2. The fourth-order valence-electron chi connectivity index (χ4n) is 2.02. The first-order valence-electron chi connectivity index (χ1n) is 6.55. The number of phenolic OH excluding ortho intramolecular Hbond substituents is 1. The van der Waals surface area contributed by atoms with Crippen molar-refractivity contribution in [3.05, 3.63) is 36.4 Å². The van der Waals surface area contributed by atoms with Crippen LogP contribution in [0.1, 0.15) is 19.3 Å². The Balaban J connectivity index is 1.94. The molecule has 2 aromatic rings. The summed E-state index contributed by atoms with van der Waals surface area (Å²) in [5, 5.41) is 11.8. The summed E-state index contributed by atoms with van der Waals surface area (Å²) in [7, 11) is 0. The molecule has 2 aromatic carbocycles. The standard InChI is InChI=1S/C15H18N2O2S/c16-17-15(19)7-3-4-10-20-14-9-8-13(18)11-5-1-2-6-12(11)14/h1-2,5-6,8-9,18H,3-4,7,10,16H2,(H,17,19). The molecule has 106 valence electrons. The van der Waals surface area contributed by atoms with Gasteiger partial charge in [-0.3, -0.25) is 10.2 Å². The Hall–Kier alpha value is -1.72. The zero-order chi connectivity index (χ0) is 14.4. The highest BCUT2D eigenvalue weighted by Crippen LogP contribution is 2.33. The smallest absolute Gasteiger partial charge is 0.233 e. The van der Waals surface area contributed by atoms with Gasteiger partial charge >= 0.3 is 0 Å². The molecule has 0 bridgehead atoms. The Labute approximate surface area is 122 Å². The molecule has 4 nitrogen and oxygen atoms in total. The Bertz CT molecular complexity index is 601. The largest absolute Gasteiger partial charge is 0.507 e. The van der Waals surface area contributed by atoms with E-state index in [2.05, 4.69) is 5.43 Å². The van der Waals surface area contributed by atoms with E-state index in [4.69, 9.17) is 5.84 Å². The van der Waals surface area contributed by atoms with Gasteiger partial charge in [0.25, 0.3) is 0 Å². The second-order valence-corrected chi connectivity index (χ2v) is 5.64. The van der Waals surface area contributed by atoms with Crippen LogP contribution in [0.3, 0.4) is 0 Å². The lowest BCUT2D eigenvalue weighted by molar-refractivity contribution is -0.121. The minimum absolute atomic E-state index is 0.120. The normalized spacial score (nSPS) is 10.7. The number of hydrogen-bond donors (Lipinski definition) is 3. The van der Waals surface area contributed by atoms with Crippen molar-refractivity contribution in [3.8, 4) is 5.75 Å². The molecule has 0 saturated carbocycles. The van der Waals surface area contributed by atoms with E-state index in [1.54, 1.807) is 17.8 Å². The van der Waals surface area contributed by atoms with Gasteiger partial charge in [-0.25, -0.2) is 5.84 Å². The van der Waals surface area contributed by atoms with Crippen molar-refractivity contribution in [2.75, 3.05) is 5.75 Å². The second-order valence-electron chi connectivity index (χ2n) is 4.50. The number of unbranched alkanes of at least 4 members (excludes halogenated alkanes) is 1. The zero-order valence-electron chi connectivity index (χ0n) is 11.1. The van der Waals surface area contributed by atoms with E-state index in [9.17, 15) is 9.90 Å². The average Bonchev–Trinajstić information content (AvgIpc) is 2.49. The van der Waals surface area contributed by atoms with Crippen LogP contribution in [0.25, 0.3) is 10.8 Å². The first-order chi connectivity index (χ1) is 9.72. The average molecular weight is 290 g/mol. The number of carbonyl (C=O) groups excluding carboxylic acids is 1. The number of nitrogens with one attached hydrogen (secondary N) is 1. The number of rotatable bonds is 6. The molecule has 0 aliphatic heterocycles. The summed E-state index contributed by atoms with van der Waals surface area (Å²) in [6, 6.07) is 11.5. The molecular weight excluding hydrogens is 272 g/mol. The van der Waals surface area contributed by atoms with Gasteiger partial charge in [-0.1, -0.05) is 24.3 Å². The zero-order valence-corrected chi connectivity index (χ0v) is 12.0. The van der Waals surface area contributed by atoms with Crippen molar-refractivity contribution < 1.29 is 9.90 Å². The Morgan fingerprint density at radius 3 is 2.65 bits per heavy atom. The van der Waals surface area contributed by atoms with Crippen LogP contribution in [0.2, 0.25) is 0 Å². The van der Waals surface area contributed by atoms with Crippen LogP contribution in [0, 0.1) is 0 Å². The van der Waals surface area contributed by atoms with E-state index in [1.165, 1.54) is 0 Å². The van der Waals surface area contributed by atoms with Gasteiger partial charge in [0.2, 0.25) is 5.91 Å². The molecule has 0 saturated heterocycles. The SMILES string of the molecule is NNC(=O)CCCCSc1ccc(O)c2ccccc12. The topological polar surface area (TPSA) is 75.3 Å². The lowest BCUT2D eigenvalue weighted by Crippen LogP contribution is -2.29. The molecule has 2 rings (SSSR count). The maximum atomic E-state index is 11.0. The molecule has 0 aliphatic rings. The van der Waals surface area contributed by atoms with Crippen LogP contribution < -0.4 is 11.3 Å². The fourth-order valence-corrected chi connectivity index (χ4v) is 3.09. The van der Waals surface area contributed by atoms with Crippen molar-refractivity contribution in [1.82, 2.24) is 5.43 Å². The van der Waals surface area contributed by atoms with Gasteiger partial charge in [-0.05, 0) is 36.1 Å². The lowest BCUT2D eigenvalue weighted by Gasteiger charge is -2.07. The summed E-state index contributed by atoms with van der Waals surface area (Å²) in [5.74, 6) is 6.15. The van der Waals surface area contributed by atoms with Crippen molar-refractivity contribution in [1.29, 1.82) is 0 Å². The van der Waals surface area contributed by atoms with E-state index in [0.29, 0.717) is 12.2 Å². The molecule has 0 atom stereocenters. The quantitative estimate of drug-likeness (QED) is 0.251. The van der Waals surface area contributed by atoms with Gasteiger partial charge in [-0.15, -0.1) is 11.8 Å². The van der Waals surface area contributed by atoms with Crippen molar-refractivity contribution in [2.45, 2.75) is 24.2 Å². The third-order valence-electron chi connectivity index (χ3n) is 3.08. The Morgan fingerprint density at radius 1 is 1.15 bits per heavy atom. The number of amides is 1. The monoisotopic (exact) mass is 290 g/mol. The van der Waals surface area contributed by atoms with Gasteiger partial charge in [0, 0.05) is 16.7 Å². The van der Waals surface area contributed by atoms with Crippen LogP contribution in [-0.2, 0) is 4.79 Å². The maximum Gasteiger partial charge on any atom is 0.233 e. The summed E-state index contributed by atoms with van der Waals surface area (Å²) < 4.78 is 0. The maximum absolute atomic E-state index is 11.0. The van der Waals surface area contributed by atoms with Crippen LogP contribution in [0.5, 0.6) is 5.75 Å². The summed E-state index contributed by atoms with van der Waals surface area (Å²) in [4.78, 5) is 12.1. The molecule has 5 heteroatoms. The minimum atomic E-state index is -0.120. The highest BCUT2D eigenvalue weighted by Gasteiger charge is 2.05. The van der Waals surface area contributed by atoms with Gasteiger partial charge < -0.3 is 5.11 Å². The molecule has 0 fully saturated rings. The molecule has 0 radical (unpaired) electrons. The molecular formula is C15H18N2O2S. The summed E-state index contributed by atoms with van der Waals surface area (Å²) in [5.41, 5.74) is 2.13. The summed E-state index contributed by atoms with van der Waals surface area (Å²) in [6.45, 7) is 0. The van der Waals surface area contributed by atoms with Crippen molar-refractivity contribution in [2.24, 2.45) is 5.84 Å². The molecule has 4 N–H and O–H groups in total. The molecule has 0 spiro atoms. The number of thioether (sulfide) groups is 1. The van der Waals surface area contributed by atoms with E-state index in [1.807, 2.05) is 30.3 Å². The summed E-state index contributed by atoms with van der Waals surface area (Å²) in [6.07, 6.45) is 2.24. The van der Waals surface area contributed by atoms with Crippen molar-refractivity contribution in [3.63, 3.8) is 0 Å². The van der Waals surface area contributed by atoms with Gasteiger partial charge in [0.1, 0.15) is 5.75 Å². The predicted octanol–water partition coefficient (Wildman–Crippen LogP) is 2.80. The van der Waals surface area contributed by atoms with Gasteiger partial charge in [0.15, 0.2) is 0 Å². The summed E-state index contributed by atoms with van der Waals surface area (Å²) >= 11 is 1.74. The van der Waals surface area contributed by atoms with Crippen molar-refractivity contribution >= 4 is 28.4 Å². The Kier molecular flexibility index (Phi) is 5.26. The number of hydrogen-bond acceptors (Lipinski definition) is 4. The number of carbonyl (C=O) groups is 1. The first kappa shape index (κ1) is 14.7. The number of phenols is 1. The number of aromatic hydroxyl groups is 1. The van der Waals surface area contributed by atoms with Crippen LogP contribution in [-0.4, -0.2) is 16.8 Å². The number of fused-ring (bicyclic) bond motifs is 1. The lowest BCUT2D eigenvalue weighted by atomic mass is 10.1. The predicted molar refractivity (Wildman–Crippen MR) is 82.5 cm³/mol. The number of benzene rings is 2. The minimum Gasteiger partial charge on any atom is -0.507 e.